The van der Waals surface area contributed by atoms with Gasteiger partial charge in [0.15, 0.2) is 0 Å². The van der Waals surface area contributed by atoms with E-state index in [0.29, 0.717) is 27.9 Å². The molecule has 8 nitrogen and oxygen atoms in total. The maximum atomic E-state index is 13.3. The topological polar surface area (TPSA) is 104 Å². The molecule has 1 aliphatic rings. The van der Waals surface area contributed by atoms with E-state index in [0.717, 1.165) is 0 Å². The summed E-state index contributed by atoms with van der Waals surface area (Å²) in [5, 5.41) is 3.23. The van der Waals surface area contributed by atoms with Gasteiger partial charge in [0.05, 0.1) is 5.56 Å². The number of benzene rings is 2. The van der Waals surface area contributed by atoms with Gasteiger partial charge in [0.25, 0.3) is 15.9 Å². The molecular weight excluding hydrogens is 454 g/mol. The zero-order valence-corrected chi connectivity index (χ0v) is 19.3. The number of nitrogens with one attached hydrogen (secondary N) is 1. The molecule has 0 saturated heterocycles. The minimum atomic E-state index is -4.15. The second-order valence-corrected chi connectivity index (χ2v) is 9.55. The molecule has 170 valence electrons. The summed E-state index contributed by atoms with van der Waals surface area (Å²) in [7, 11) is -4.15. The largest absolute Gasteiger partial charge is 0.355 e. The number of nitrogens with zero attached hydrogens (tertiary/aromatic N) is 2. The maximum Gasteiger partial charge on any atom is 0.269 e. The molecule has 0 unspecified atom stereocenters. The Hall–Kier alpha value is -2.91. The summed E-state index contributed by atoms with van der Waals surface area (Å²) in [4.78, 5) is 39.9. The first-order chi connectivity index (χ1) is 15.2. The Morgan fingerprint density at radius 3 is 2.34 bits per heavy atom. The Labute approximate surface area is 192 Å². The molecule has 0 aliphatic carbocycles. The van der Waals surface area contributed by atoms with E-state index >= 15 is 0 Å². The predicted molar refractivity (Wildman–Crippen MR) is 119 cm³/mol. The van der Waals surface area contributed by atoms with Crippen LogP contribution in [-0.4, -0.2) is 54.5 Å². The molecule has 0 spiro atoms. The van der Waals surface area contributed by atoms with Gasteiger partial charge in [-0.2, -0.15) is 0 Å². The number of sulfonamides is 1. The monoisotopic (exact) mass is 477 g/mol. The number of carbonyl (C=O) groups is 3. The van der Waals surface area contributed by atoms with Crippen LogP contribution in [0.15, 0.2) is 53.4 Å². The Kier molecular flexibility index (Phi) is 7.20. The summed E-state index contributed by atoms with van der Waals surface area (Å²) in [5.74, 6) is -1.76. The summed E-state index contributed by atoms with van der Waals surface area (Å²) >= 11 is 5.94. The summed E-state index contributed by atoms with van der Waals surface area (Å²) in [5.41, 5.74) is 0.740. The van der Waals surface area contributed by atoms with Crippen molar-refractivity contribution in [3.8, 4) is 0 Å². The van der Waals surface area contributed by atoms with Crippen LogP contribution in [0.1, 0.15) is 36.2 Å². The van der Waals surface area contributed by atoms with Gasteiger partial charge >= 0.3 is 0 Å². The first-order valence-corrected chi connectivity index (χ1v) is 12.0. The summed E-state index contributed by atoms with van der Waals surface area (Å²) in [6, 6.07) is 11.8. The second-order valence-electron chi connectivity index (χ2n) is 7.28. The molecule has 0 saturated carbocycles. The lowest BCUT2D eigenvalue weighted by molar-refractivity contribution is -0.141. The number of carbonyl (C=O) groups excluding carboxylic acids is 3. The van der Waals surface area contributed by atoms with E-state index in [4.69, 9.17) is 11.6 Å². The third-order valence-electron chi connectivity index (χ3n) is 5.19. The Balaban J connectivity index is 1.92. The zero-order valence-electron chi connectivity index (χ0n) is 17.7. The molecule has 0 bridgehead atoms. The van der Waals surface area contributed by atoms with Crippen LogP contribution >= 0.6 is 11.6 Å². The fourth-order valence-electron chi connectivity index (χ4n) is 3.60. The summed E-state index contributed by atoms with van der Waals surface area (Å²) < 4.78 is 26.3. The van der Waals surface area contributed by atoms with E-state index in [1.165, 1.54) is 23.1 Å². The van der Waals surface area contributed by atoms with Crippen molar-refractivity contribution in [1.82, 2.24) is 14.5 Å². The minimum Gasteiger partial charge on any atom is -0.355 e. The number of halogens is 1. The van der Waals surface area contributed by atoms with Gasteiger partial charge in [0, 0.05) is 18.1 Å². The standard InChI is InChI=1S/C22H24ClN3O5S/c1-3-18(21(28)24-4-2)25(13-15-9-11-16(23)12-10-15)20(27)14-26-22(29)17-7-5-6-8-19(17)32(26,30)31/h5-12,18H,3-4,13-14H2,1-2H3,(H,24,28)/t18-/m0/s1. The highest BCUT2D eigenvalue weighted by atomic mass is 35.5. The zero-order chi connectivity index (χ0) is 23.5. The Bertz CT molecular complexity index is 1130. The van der Waals surface area contributed by atoms with Gasteiger partial charge < -0.3 is 10.2 Å². The number of rotatable bonds is 8. The van der Waals surface area contributed by atoms with Crippen molar-refractivity contribution in [3.05, 3.63) is 64.7 Å². The van der Waals surface area contributed by atoms with E-state index in [2.05, 4.69) is 5.32 Å². The van der Waals surface area contributed by atoms with Crippen molar-refractivity contribution in [2.45, 2.75) is 37.8 Å². The van der Waals surface area contributed by atoms with Crippen molar-refractivity contribution in [3.63, 3.8) is 0 Å². The fraction of sp³-hybridized carbons (Fsp3) is 0.318. The van der Waals surface area contributed by atoms with Gasteiger partial charge in [-0.1, -0.05) is 42.8 Å². The van der Waals surface area contributed by atoms with Crippen molar-refractivity contribution in [2.75, 3.05) is 13.1 Å². The van der Waals surface area contributed by atoms with Crippen LogP contribution in [0.2, 0.25) is 5.02 Å². The van der Waals surface area contributed by atoms with Crippen LogP contribution in [0, 0.1) is 0 Å². The van der Waals surface area contributed by atoms with Crippen LogP contribution < -0.4 is 5.32 Å². The van der Waals surface area contributed by atoms with Crippen LogP contribution in [0.3, 0.4) is 0 Å². The summed E-state index contributed by atoms with van der Waals surface area (Å²) in [6.07, 6.45) is 0.312. The highest BCUT2D eigenvalue weighted by Gasteiger charge is 2.43. The van der Waals surface area contributed by atoms with E-state index < -0.39 is 34.4 Å². The average molecular weight is 478 g/mol. The molecule has 0 aromatic heterocycles. The quantitative estimate of drug-likeness (QED) is 0.628. The fourth-order valence-corrected chi connectivity index (χ4v) is 5.24. The van der Waals surface area contributed by atoms with Crippen molar-refractivity contribution >= 4 is 39.3 Å². The van der Waals surface area contributed by atoms with Gasteiger partial charge in [-0.15, -0.1) is 0 Å². The molecule has 0 fully saturated rings. The first-order valence-electron chi connectivity index (χ1n) is 10.2. The lowest BCUT2D eigenvalue weighted by atomic mass is 10.1. The Morgan fingerprint density at radius 2 is 1.75 bits per heavy atom. The number of likely N-dealkylation sites (N-methyl/N-ethyl adjacent to an activating group) is 1. The van der Waals surface area contributed by atoms with Crippen LogP contribution in [0.5, 0.6) is 0 Å². The van der Waals surface area contributed by atoms with Crippen LogP contribution in [0.25, 0.3) is 0 Å². The maximum absolute atomic E-state index is 13.3. The first kappa shape index (κ1) is 23.7. The number of fused-ring (bicyclic) bond motifs is 1. The molecular formula is C22H24ClN3O5S. The third kappa shape index (κ3) is 4.63. The Morgan fingerprint density at radius 1 is 1.09 bits per heavy atom. The molecule has 0 radical (unpaired) electrons. The molecule has 2 aromatic rings. The van der Waals surface area contributed by atoms with Gasteiger partial charge in [-0.25, -0.2) is 12.7 Å². The van der Waals surface area contributed by atoms with Gasteiger partial charge in [0.2, 0.25) is 11.8 Å². The average Bonchev–Trinajstić information content (AvgIpc) is 2.96. The van der Waals surface area contributed by atoms with Crippen molar-refractivity contribution in [2.24, 2.45) is 0 Å². The highest BCUT2D eigenvalue weighted by molar-refractivity contribution is 7.90. The van der Waals surface area contributed by atoms with Gasteiger partial charge in [0.1, 0.15) is 17.5 Å². The molecule has 3 amide bonds. The van der Waals surface area contributed by atoms with Crippen LogP contribution in [-0.2, 0) is 26.2 Å². The molecule has 2 aromatic carbocycles. The molecule has 1 heterocycles. The summed E-state index contributed by atoms with van der Waals surface area (Å²) in [6.45, 7) is 3.27. The SMILES string of the molecule is CCNC(=O)[C@H](CC)N(Cc1ccc(Cl)cc1)C(=O)CN1C(=O)c2ccccc2S1(=O)=O. The molecule has 1 atom stereocenters. The van der Waals surface area contributed by atoms with Gasteiger partial charge in [-0.3, -0.25) is 14.4 Å². The van der Waals surface area contributed by atoms with Crippen molar-refractivity contribution < 1.29 is 22.8 Å². The minimum absolute atomic E-state index is 0.0281. The lowest BCUT2D eigenvalue weighted by Crippen LogP contribution is -2.52. The van der Waals surface area contributed by atoms with E-state index in [-0.39, 0.29) is 22.9 Å². The highest BCUT2D eigenvalue weighted by Crippen LogP contribution is 2.30. The van der Waals surface area contributed by atoms with Gasteiger partial charge in [-0.05, 0) is 43.2 Å². The number of hydrogen-bond donors (Lipinski definition) is 1. The molecule has 10 heteroatoms. The third-order valence-corrected chi connectivity index (χ3v) is 7.23. The normalized spacial score (nSPS) is 15.2. The number of amides is 3. The second kappa shape index (κ2) is 9.70. The van der Waals surface area contributed by atoms with E-state index in [1.54, 1.807) is 44.2 Å². The molecule has 1 N–H and O–H groups in total. The number of hydrogen-bond acceptors (Lipinski definition) is 5. The molecule has 3 rings (SSSR count). The smallest absolute Gasteiger partial charge is 0.269 e. The predicted octanol–water partition coefficient (Wildman–Crippen LogP) is 2.43. The molecule has 1 aliphatic heterocycles. The van der Waals surface area contributed by atoms with E-state index in [9.17, 15) is 22.8 Å². The van der Waals surface area contributed by atoms with Crippen LogP contribution in [0.4, 0.5) is 0 Å². The lowest BCUT2D eigenvalue weighted by Gasteiger charge is -2.31. The van der Waals surface area contributed by atoms with E-state index in [1.807, 2.05) is 0 Å². The van der Waals surface area contributed by atoms with Crippen molar-refractivity contribution in [1.29, 1.82) is 0 Å². The molecule has 32 heavy (non-hydrogen) atoms.